The molecule has 4 heterocycles. The zero-order chi connectivity index (χ0) is 39.1. The quantitative estimate of drug-likeness (QED) is 0.286. The van der Waals surface area contributed by atoms with Crippen LogP contribution < -0.4 is 10.0 Å². The lowest BCUT2D eigenvalue weighted by Gasteiger charge is -2.29. The summed E-state index contributed by atoms with van der Waals surface area (Å²) in [6.07, 6.45) is 2.86. The van der Waals surface area contributed by atoms with Crippen LogP contribution in [0.4, 0.5) is 11.4 Å². The van der Waals surface area contributed by atoms with Gasteiger partial charge in [-0.3, -0.25) is 19.6 Å². The lowest BCUT2D eigenvalue weighted by Crippen LogP contribution is -2.49. The lowest BCUT2D eigenvalue weighted by atomic mass is 10.1. The third kappa shape index (κ3) is 8.37. The molecule has 2 amide bonds. The number of hydrogen-bond acceptors (Lipinski definition) is 14. The molecule has 288 valence electrons. The van der Waals surface area contributed by atoms with Crippen LogP contribution in [0.15, 0.2) is 58.7 Å². The summed E-state index contributed by atoms with van der Waals surface area (Å²) in [5.74, 6) is -2.45. The van der Waals surface area contributed by atoms with Crippen LogP contribution in [-0.4, -0.2) is 123 Å². The molecule has 0 unspecified atom stereocenters. The zero-order valence-electron chi connectivity index (χ0n) is 31.4. The lowest BCUT2D eigenvalue weighted by molar-refractivity contribution is -0.151. The van der Waals surface area contributed by atoms with Gasteiger partial charge in [-0.2, -0.15) is 10.2 Å². The van der Waals surface area contributed by atoms with Gasteiger partial charge in [-0.25, -0.2) is 19.2 Å². The number of benzene rings is 2. The van der Waals surface area contributed by atoms with Crippen molar-refractivity contribution in [2.75, 3.05) is 51.5 Å². The molecule has 4 atom stereocenters. The predicted octanol–water partition coefficient (Wildman–Crippen LogP) is 2.53. The number of aryl methyl sites for hydroxylation is 2. The topological polar surface area (TPSA) is 177 Å². The first kappa shape index (κ1) is 39.4. The fourth-order valence-corrected chi connectivity index (χ4v) is 6.96. The Morgan fingerprint density at radius 2 is 0.889 bits per heavy atom. The Bertz CT molecular complexity index is 1680. The minimum absolute atomic E-state index is 0.129. The number of carbonyl (C=O) groups is 6. The number of esters is 4. The van der Waals surface area contributed by atoms with E-state index >= 15 is 0 Å². The number of carbonyl (C=O) groups excluding carboxylic acids is 6. The second-order valence-corrected chi connectivity index (χ2v) is 13.3. The minimum Gasteiger partial charge on any atom is -0.467 e. The molecule has 4 aliphatic heterocycles. The van der Waals surface area contributed by atoms with E-state index in [2.05, 4.69) is 10.2 Å². The highest BCUT2D eigenvalue weighted by atomic mass is 16.5. The van der Waals surface area contributed by atoms with E-state index in [-0.39, 0.29) is 36.1 Å². The molecule has 16 nitrogen and oxygen atoms in total. The normalized spacial score (nSPS) is 21.8. The van der Waals surface area contributed by atoms with Gasteiger partial charge in [0.15, 0.2) is 0 Å². The maximum absolute atomic E-state index is 13.2. The molecule has 54 heavy (non-hydrogen) atoms. The van der Waals surface area contributed by atoms with Crippen LogP contribution in [0.1, 0.15) is 49.7 Å². The molecule has 0 radical (unpaired) electrons. The predicted molar refractivity (Wildman–Crippen MR) is 197 cm³/mol. The molecule has 6 rings (SSSR count). The van der Waals surface area contributed by atoms with Gasteiger partial charge in [0.2, 0.25) is 11.8 Å². The molecular formula is C38H46N6O10. The SMILES string of the molecule is COC(=O)C1=NN(c2ccc(C)cc2)[C@@H](C(=O)N2CCC[C@H]2C(=O)OC)C1.COC(=O)C1=NN(c2ccc(C)cc2)[C@H](C(=O)N2CCC[C@H]2C(=O)OC)C1. The second-order valence-electron chi connectivity index (χ2n) is 13.3. The highest BCUT2D eigenvalue weighted by Crippen LogP contribution is 2.31. The van der Waals surface area contributed by atoms with E-state index in [0.717, 1.165) is 24.0 Å². The number of ether oxygens (including phenoxy) is 4. The van der Waals surface area contributed by atoms with E-state index < -0.39 is 48.0 Å². The average Bonchev–Trinajstić information content (AvgIpc) is 4.03. The summed E-state index contributed by atoms with van der Waals surface area (Å²) < 4.78 is 19.2. The van der Waals surface area contributed by atoms with Gasteiger partial charge in [-0.1, -0.05) is 35.4 Å². The number of anilines is 2. The van der Waals surface area contributed by atoms with Crippen molar-refractivity contribution in [3.8, 4) is 0 Å². The smallest absolute Gasteiger partial charge is 0.354 e. The van der Waals surface area contributed by atoms with Crippen LogP contribution in [0, 0.1) is 13.8 Å². The maximum atomic E-state index is 13.2. The summed E-state index contributed by atoms with van der Waals surface area (Å²) in [5.41, 5.74) is 3.92. The van der Waals surface area contributed by atoms with Gasteiger partial charge in [0.25, 0.3) is 0 Å². The van der Waals surface area contributed by atoms with Crippen LogP contribution >= 0.6 is 0 Å². The Kier molecular flexibility index (Phi) is 12.7. The first-order valence-corrected chi connectivity index (χ1v) is 17.7. The molecule has 0 bridgehead atoms. The number of methoxy groups -OCH3 is 4. The van der Waals surface area contributed by atoms with Gasteiger partial charge in [-0.15, -0.1) is 0 Å². The molecule has 0 aliphatic carbocycles. The molecule has 2 aromatic carbocycles. The van der Waals surface area contributed by atoms with E-state index in [1.165, 1.54) is 38.2 Å². The first-order chi connectivity index (χ1) is 25.9. The average molecular weight is 747 g/mol. The third-order valence-electron chi connectivity index (χ3n) is 9.85. The maximum Gasteiger partial charge on any atom is 0.354 e. The monoisotopic (exact) mass is 746 g/mol. The number of rotatable bonds is 8. The number of hydrazone groups is 2. The Balaban J connectivity index is 0.000000208. The highest BCUT2D eigenvalue weighted by molar-refractivity contribution is 6.38. The number of hydrogen-bond donors (Lipinski definition) is 0. The van der Waals surface area contributed by atoms with Crippen LogP contribution in [-0.2, 0) is 47.7 Å². The van der Waals surface area contributed by atoms with E-state index in [1.54, 1.807) is 10.0 Å². The van der Waals surface area contributed by atoms with Crippen molar-refractivity contribution in [3.05, 3.63) is 59.7 Å². The van der Waals surface area contributed by atoms with Gasteiger partial charge in [0.1, 0.15) is 35.6 Å². The Morgan fingerprint density at radius 3 is 1.20 bits per heavy atom. The molecule has 16 heteroatoms. The van der Waals surface area contributed by atoms with Gasteiger partial charge >= 0.3 is 23.9 Å². The molecule has 2 aromatic rings. The van der Waals surface area contributed by atoms with Gasteiger partial charge < -0.3 is 28.7 Å². The van der Waals surface area contributed by atoms with Crippen molar-refractivity contribution in [2.24, 2.45) is 10.2 Å². The Hall–Kier alpha value is -5.80. The summed E-state index contributed by atoms with van der Waals surface area (Å²) >= 11 is 0. The largest absolute Gasteiger partial charge is 0.467 e. The summed E-state index contributed by atoms with van der Waals surface area (Å²) in [4.78, 5) is 77.5. The van der Waals surface area contributed by atoms with Crippen molar-refractivity contribution in [3.63, 3.8) is 0 Å². The van der Waals surface area contributed by atoms with E-state index in [9.17, 15) is 28.8 Å². The molecule has 0 aromatic heterocycles. The summed E-state index contributed by atoms with van der Waals surface area (Å²) in [6, 6.07) is 12.5. The standard InChI is InChI=1S/2C19H23N3O5/c2*1-12-6-8-13(9-7-12)22-16(11-14(20-22)18(24)26-2)17(23)21-10-4-5-15(21)19(25)27-3/h2*6-9,15-16H,4-5,10-11H2,1-3H3/t15-,16+;15-,16-/m00/s1. The highest BCUT2D eigenvalue weighted by Gasteiger charge is 2.45. The van der Waals surface area contributed by atoms with Crippen LogP contribution in [0.25, 0.3) is 0 Å². The fraction of sp³-hybridized carbons (Fsp3) is 0.474. The van der Waals surface area contributed by atoms with Crippen molar-refractivity contribution >= 4 is 58.5 Å². The molecule has 0 saturated carbocycles. The first-order valence-electron chi connectivity index (χ1n) is 17.7. The van der Waals surface area contributed by atoms with Gasteiger partial charge in [0.05, 0.1) is 39.8 Å². The molecule has 0 spiro atoms. The van der Waals surface area contributed by atoms with Crippen molar-refractivity contribution in [1.82, 2.24) is 9.80 Å². The van der Waals surface area contributed by atoms with Gasteiger partial charge in [0, 0.05) is 25.9 Å². The van der Waals surface area contributed by atoms with E-state index in [0.29, 0.717) is 37.3 Å². The number of nitrogens with zero attached hydrogens (tertiary/aromatic N) is 6. The zero-order valence-corrected chi connectivity index (χ0v) is 31.4. The molecule has 0 N–H and O–H groups in total. The Labute approximate surface area is 313 Å². The summed E-state index contributed by atoms with van der Waals surface area (Å²) in [6.45, 7) is 4.88. The molecular weight excluding hydrogens is 700 g/mol. The summed E-state index contributed by atoms with van der Waals surface area (Å²) in [5, 5.41) is 11.8. The van der Waals surface area contributed by atoms with Crippen LogP contribution in [0.3, 0.4) is 0 Å². The van der Waals surface area contributed by atoms with Crippen LogP contribution in [0.5, 0.6) is 0 Å². The summed E-state index contributed by atoms with van der Waals surface area (Å²) in [7, 11) is 5.19. The van der Waals surface area contributed by atoms with Crippen molar-refractivity contribution in [1.29, 1.82) is 0 Å². The molecule has 2 fully saturated rings. The Morgan fingerprint density at radius 1 is 0.537 bits per heavy atom. The number of likely N-dealkylation sites (tertiary alicyclic amines) is 2. The molecule has 4 aliphatic rings. The second kappa shape index (κ2) is 17.4. The third-order valence-corrected chi connectivity index (χ3v) is 9.85. The van der Waals surface area contributed by atoms with E-state index in [1.807, 2.05) is 62.4 Å². The van der Waals surface area contributed by atoms with Crippen molar-refractivity contribution < 1.29 is 47.7 Å². The van der Waals surface area contributed by atoms with Crippen molar-refractivity contribution in [2.45, 2.75) is 76.5 Å². The van der Waals surface area contributed by atoms with E-state index in [4.69, 9.17) is 18.9 Å². The van der Waals surface area contributed by atoms with Crippen LogP contribution in [0.2, 0.25) is 0 Å². The number of amides is 2. The minimum atomic E-state index is -0.702. The van der Waals surface area contributed by atoms with Gasteiger partial charge in [-0.05, 0) is 63.8 Å². The fourth-order valence-electron chi connectivity index (χ4n) is 6.96. The molecule has 2 saturated heterocycles.